The van der Waals surface area contributed by atoms with Crippen LogP contribution < -0.4 is 22.1 Å². The zero-order chi connectivity index (χ0) is 20.5. The number of amidine groups is 1. The summed E-state index contributed by atoms with van der Waals surface area (Å²) in [7, 11) is 0. The van der Waals surface area contributed by atoms with Gasteiger partial charge in [0.25, 0.3) is 5.92 Å². The van der Waals surface area contributed by atoms with Gasteiger partial charge in [-0.05, 0) is 26.2 Å². The SMILES string of the molecule is CC1(C2CC(NC(O)C3=CCC(N)CN3)=CCC2F)N=C(N)COCC1(F)F. The normalized spacial score (nSPS) is 36.9. The first-order valence-corrected chi connectivity index (χ1v) is 9.39. The molecule has 7 N–H and O–H groups in total. The van der Waals surface area contributed by atoms with E-state index in [1.807, 2.05) is 0 Å². The molecule has 158 valence electrons. The van der Waals surface area contributed by atoms with Crippen LogP contribution in [0.4, 0.5) is 13.2 Å². The molecule has 2 heterocycles. The minimum Gasteiger partial charge on any atom is -0.386 e. The third-order valence-electron chi connectivity index (χ3n) is 5.66. The van der Waals surface area contributed by atoms with Gasteiger partial charge in [0.05, 0.1) is 5.70 Å². The zero-order valence-corrected chi connectivity index (χ0v) is 15.8. The van der Waals surface area contributed by atoms with Gasteiger partial charge in [0.1, 0.15) is 30.8 Å². The van der Waals surface area contributed by atoms with Gasteiger partial charge < -0.3 is 31.9 Å². The summed E-state index contributed by atoms with van der Waals surface area (Å²) in [5.74, 6) is -4.58. The Morgan fingerprint density at radius 2 is 2.14 bits per heavy atom. The lowest BCUT2D eigenvalue weighted by molar-refractivity contribution is -0.137. The summed E-state index contributed by atoms with van der Waals surface area (Å²) >= 11 is 0. The Kier molecular flexibility index (Phi) is 5.92. The average Bonchev–Trinajstić information content (AvgIpc) is 2.73. The second-order valence-electron chi connectivity index (χ2n) is 7.82. The van der Waals surface area contributed by atoms with Gasteiger partial charge in [-0.15, -0.1) is 0 Å². The molecule has 2 aliphatic heterocycles. The molecular formula is C18H28F3N5O2. The molecule has 1 aliphatic carbocycles. The van der Waals surface area contributed by atoms with Gasteiger partial charge in [0, 0.05) is 24.2 Å². The number of halogens is 3. The number of hydrogen-bond acceptors (Lipinski definition) is 7. The predicted molar refractivity (Wildman–Crippen MR) is 99.3 cm³/mol. The third kappa shape index (κ3) is 4.13. The minimum atomic E-state index is -3.38. The number of nitrogens with zero attached hydrogens (tertiary/aromatic N) is 1. The fourth-order valence-corrected chi connectivity index (χ4v) is 3.88. The quantitative estimate of drug-likeness (QED) is 0.437. The number of hydrogen-bond donors (Lipinski definition) is 5. The second-order valence-corrected chi connectivity index (χ2v) is 7.82. The molecule has 0 aromatic heterocycles. The number of nitrogens with one attached hydrogen (secondary N) is 2. The molecule has 0 aromatic carbocycles. The highest BCUT2D eigenvalue weighted by Crippen LogP contribution is 2.46. The molecule has 3 aliphatic rings. The van der Waals surface area contributed by atoms with Crippen molar-refractivity contribution < 1.29 is 23.0 Å². The van der Waals surface area contributed by atoms with Crippen molar-refractivity contribution in [3.8, 4) is 0 Å². The van der Waals surface area contributed by atoms with Crippen molar-refractivity contribution in [3.05, 3.63) is 23.5 Å². The molecule has 0 radical (unpaired) electrons. The smallest absolute Gasteiger partial charge is 0.295 e. The molecule has 10 heteroatoms. The van der Waals surface area contributed by atoms with Gasteiger partial charge in [-0.2, -0.15) is 0 Å². The molecule has 7 nitrogen and oxygen atoms in total. The highest BCUT2D eigenvalue weighted by molar-refractivity contribution is 5.82. The summed E-state index contributed by atoms with van der Waals surface area (Å²) in [6, 6.07) is -0.0236. The van der Waals surface area contributed by atoms with Crippen molar-refractivity contribution >= 4 is 5.84 Å². The molecule has 28 heavy (non-hydrogen) atoms. The fourth-order valence-electron chi connectivity index (χ4n) is 3.88. The number of aliphatic hydroxyl groups is 1. The Morgan fingerprint density at radius 3 is 2.82 bits per heavy atom. The molecule has 0 saturated carbocycles. The predicted octanol–water partition coefficient (Wildman–Crippen LogP) is 0.512. The van der Waals surface area contributed by atoms with Crippen molar-refractivity contribution in [1.82, 2.24) is 10.6 Å². The van der Waals surface area contributed by atoms with Crippen molar-refractivity contribution in [1.29, 1.82) is 0 Å². The summed E-state index contributed by atoms with van der Waals surface area (Å²) in [6.45, 7) is 0.661. The first-order valence-electron chi connectivity index (χ1n) is 9.39. The van der Waals surface area contributed by atoms with E-state index in [2.05, 4.69) is 15.6 Å². The van der Waals surface area contributed by atoms with E-state index in [1.165, 1.54) is 6.92 Å². The lowest BCUT2D eigenvalue weighted by atomic mass is 9.72. The number of aliphatic imine (C=N–C) groups is 1. The molecule has 5 atom stereocenters. The molecule has 0 saturated heterocycles. The Morgan fingerprint density at radius 1 is 1.39 bits per heavy atom. The summed E-state index contributed by atoms with van der Waals surface area (Å²) < 4.78 is 49.2. The molecular weight excluding hydrogens is 375 g/mol. The topological polar surface area (TPSA) is 118 Å². The minimum absolute atomic E-state index is 0.0236. The molecule has 0 amide bonds. The fraction of sp³-hybridized carbons (Fsp3) is 0.722. The standard InChI is InChI=1S/C18H28F3N5O2/c1-17(18(20,21)9-28-8-15(23)26-17)12-6-11(3-4-13(12)19)25-16(27)14-5-2-10(22)7-24-14/h3,5,10,12-13,16,24-25,27H,2,4,6-9,22H2,1H3,(H2,23,26). The summed E-state index contributed by atoms with van der Waals surface area (Å²) in [5.41, 5.74) is 10.5. The molecule has 0 aromatic rings. The monoisotopic (exact) mass is 403 g/mol. The van der Waals surface area contributed by atoms with Gasteiger partial charge in [0.2, 0.25) is 0 Å². The van der Waals surface area contributed by atoms with Gasteiger partial charge in [0.15, 0.2) is 6.23 Å². The van der Waals surface area contributed by atoms with E-state index < -0.39 is 36.4 Å². The van der Waals surface area contributed by atoms with E-state index in [0.717, 1.165) is 0 Å². The Balaban J connectivity index is 1.77. The van der Waals surface area contributed by atoms with E-state index in [-0.39, 0.29) is 31.3 Å². The maximum absolute atomic E-state index is 14.8. The van der Waals surface area contributed by atoms with Crippen LogP contribution in [0.2, 0.25) is 0 Å². The third-order valence-corrected chi connectivity index (χ3v) is 5.66. The van der Waals surface area contributed by atoms with E-state index in [4.69, 9.17) is 16.2 Å². The van der Waals surface area contributed by atoms with Crippen molar-refractivity contribution in [2.75, 3.05) is 19.8 Å². The molecule has 0 spiro atoms. The number of nitrogens with two attached hydrogens (primary N) is 2. The Labute approximate surface area is 162 Å². The Hall–Kier alpha value is -1.78. The van der Waals surface area contributed by atoms with Crippen LogP contribution in [-0.2, 0) is 4.74 Å². The van der Waals surface area contributed by atoms with E-state index >= 15 is 0 Å². The van der Waals surface area contributed by atoms with E-state index in [0.29, 0.717) is 24.4 Å². The molecule has 3 rings (SSSR count). The molecule has 5 unspecified atom stereocenters. The van der Waals surface area contributed by atoms with Crippen LogP contribution in [0, 0.1) is 5.92 Å². The van der Waals surface area contributed by atoms with Crippen LogP contribution in [0.15, 0.2) is 28.5 Å². The van der Waals surface area contributed by atoms with Crippen LogP contribution in [0.1, 0.15) is 26.2 Å². The summed E-state index contributed by atoms with van der Waals surface area (Å²) in [6.07, 6.45) is 1.32. The van der Waals surface area contributed by atoms with Crippen LogP contribution in [-0.4, -0.2) is 60.6 Å². The number of allylic oxidation sites excluding steroid dienone is 2. The summed E-state index contributed by atoms with van der Waals surface area (Å²) in [5, 5.41) is 16.3. The van der Waals surface area contributed by atoms with Crippen molar-refractivity contribution in [2.45, 2.75) is 56.1 Å². The van der Waals surface area contributed by atoms with Gasteiger partial charge in [-0.25, -0.2) is 13.2 Å². The number of alkyl halides is 3. The average molecular weight is 403 g/mol. The largest absolute Gasteiger partial charge is 0.386 e. The lowest BCUT2D eigenvalue weighted by Crippen LogP contribution is -2.56. The lowest BCUT2D eigenvalue weighted by Gasteiger charge is -2.42. The van der Waals surface area contributed by atoms with E-state index in [9.17, 15) is 18.3 Å². The zero-order valence-electron chi connectivity index (χ0n) is 15.8. The maximum Gasteiger partial charge on any atom is 0.295 e. The van der Waals surface area contributed by atoms with Crippen molar-refractivity contribution in [3.63, 3.8) is 0 Å². The number of aliphatic hydroxyl groups excluding tert-OH is 1. The maximum atomic E-state index is 14.8. The van der Waals surface area contributed by atoms with Crippen LogP contribution >= 0.6 is 0 Å². The van der Waals surface area contributed by atoms with Gasteiger partial charge in [-0.3, -0.25) is 4.99 Å². The van der Waals surface area contributed by atoms with Gasteiger partial charge in [-0.1, -0.05) is 12.2 Å². The second kappa shape index (κ2) is 7.92. The Bertz CT molecular complexity index is 684. The molecule has 0 bridgehead atoms. The highest BCUT2D eigenvalue weighted by Gasteiger charge is 2.59. The molecule has 0 fully saturated rings. The first-order chi connectivity index (χ1) is 13.1. The van der Waals surface area contributed by atoms with Crippen LogP contribution in [0.3, 0.4) is 0 Å². The number of ether oxygens (including phenoxy) is 1. The van der Waals surface area contributed by atoms with Crippen LogP contribution in [0.25, 0.3) is 0 Å². The highest BCUT2D eigenvalue weighted by atomic mass is 19.3. The van der Waals surface area contributed by atoms with Crippen LogP contribution in [0.5, 0.6) is 0 Å². The first kappa shape index (κ1) is 20.9. The van der Waals surface area contributed by atoms with E-state index in [1.54, 1.807) is 12.2 Å². The van der Waals surface area contributed by atoms with Gasteiger partial charge >= 0.3 is 0 Å². The summed E-state index contributed by atoms with van der Waals surface area (Å²) in [4.78, 5) is 3.97. The van der Waals surface area contributed by atoms with Crippen molar-refractivity contribution in [2.24, 2.45) is 22.4 Å². The number of rotatable bonds is 4.